The van der Waals surface area contributed by atoms with Gasteiger partial charge in [0, 0.05) is 18.6 Å². The average Bonchev–Trinajstić information content (AvgIpc) is 3.17. The molecule has 1 saturated heterocycles. The fourth-order valence-electron chi connectivity index (χ4n) is 3.73. The van der Waals surface area contributed by atoms with Crippen LogP contribution in [0.15, 0.2) is 24.5 Å². The summed E-state index contributed by atoms with van der Waals surface area (Å²) < 4.78 is 5.73. The van der Waals surface area contributed by atoms with Gasteiger partial charge in [-0.1, -0.05) is 6.07 Å². The molecule has 0 spiro atoms. The number of H-pyrrole nitrogens is 1. The van der Waals surface area contributed by atoms with E-state index in [9.17, 15) is 4.79 Å². The van der Waals surface area contributed by atoms with Crippen molar-refractivity contribution in [3.05, 3.63) is 30.1 Å². The van der Waals surface area contributed by atoms with Gasteiger partial charge in [0.2, 0.25) is 0 Å². The van der Waals surface area contributed by atoms with Crippen LogP contribution in [-0.2, 0) is 9.53 Å². The highest BCUT2D eigenvalue weighted by atomic mass is 16.5. The lowest BCUT2D eigenvalue weighted by molar-refractivity contribution is -0.150. The highest BCUT2D eigenvalue weighted by molar-refractivity contribution is 5.82. The molecule has 1 aromatic carbocycles. The van der Waals surface area contributed by atoms with Crippen LogP contribution in [0.2, 0.25) is 0 Å². The summed E-state index contributed by atoms with van der Waals surface area (Å²) in [6, 6.07) is 6.81. The molecule has 3 N–H and O–H groups in total. The number of nitrogens with zero attached hydrogens (tertiary/aromatic N) is 2. The van der Waals surface area contributed by atoms with Crippen molar-refractivity contribution in [2.45, 2.75) is 57.2 Å². The molecule has 0 bridgehead atoms. The number of nitrogens with two attached hydrogens (primary N) is 1. The molecule has 6 nitrogen and oxygen atoms in total. The number of rotatable bonds is 6. The van der Waals surface area contributed by atoms with Crippen LogP contribution in [-0.4, -0.2) is 52.6 Å². The number of aromatic amines is 1. The van der Waals surface area contributed by atoms with Crippen LogP contribution in [0.4, 0.5) is 0 Å². The second kappa shape index (κ2) is 7.54. The van der Waals surface area contributed by atoms with Gasteiger partial charge in [-0.05, 0) is 57.9 Å². The molecule has 4 atom stereocenters. The Hall–Kier alpha value is -1.92. The Morgan fingerprint density at radius 1 is 1.48 bits per heavy atom. The van der Waals surface area contributed by atoms with Crippen LogP contribution in [0.3, 0.4) is 0 Å². The minimum atomic E-state index is -0.449. The maximum atomic E-state index is 12.6. The van der Waals surface area contributed by atoms with E-state index in [2.05, 4.69) is 28.8 Å². The summed E-state index contributed by atoms with van der Waals surface area (Å²) in [4.78, 5) is 22.3. The number of fused-ring (bicyclic) bond motifs is 1. The quantitative estimate of drug-likeness (QED) is 0.786. The van der Waals surface area contributed by atoms with Crippen molar-refractivity contribution in [3.8, 4) is 0 Å². The lowest BCUT2D eigenvalue weighted by atomic mass is 9.98. The normalized spacial score (nSPS) is 23.7. The summed E-state index contributed by atoms with van der Waals surface area (Å²) in [5.74, 6) is -0.696. The number of imidazole rings is 1. The molecule has 1 aliphatic heterocycles. The topological polar surface area (TPSA) is 84.2 Å². The Bertz CT molecular complexity index is 729. The summed E-state index contributed by atoms with van der Waals surface area (Å²) in [7, 11) is 2.15. The van der Waals surface area contributed by atoms with E-state index < -0.39 is 5.92 Å². The summed E-state index contributed by atoms with van der Waals surface area (Å²) in [6.07, 6.45) is 4.76. The van der Waals surface area contributed by atoms with E-state index in [4.69, 9.17) is 10.5 Å². The van der Waals surface area contributed by atoms with Gasteiger partial charge in [0.1, 0.15) is 6.10 Å². The molecular formula is C19H28N4O2. The zero-order chi connectivity index (χ0) is 18.0. The van der Waals surface area contributed by atoms with Crippen LogP contribution in [0.1, 0.15) is 44.6 Å². The number of carbonyl (C=O) groups is 1. The predicted molar refractivity (Wildman–Crippen MR) is 98.3 cm³/mol. The Morgan fingerprint density at radius 3 is 2.96 bits per heavy atom. The van der Waals surface area contributed by atoms with E-state index in [-0.39, 0.29) is 18.6 Å². The SMILES string of the molecule is CC(CC1CCC(C)N1C)OC(=O)C(CN)c1ccc2nc[nH]c2c1. The first-order chi connectivity index (χ1) is 12.0. The molecule has 0 radical (unpaired) electrons. The van der Waals surface area contributed by atoms with Crippen molar-refractivity contribution < 1.29 is 9.53 Å². The molecule has 1 fully saturated rings. The predicted octanol–water partition coefficient (Wildman–Crippen LogP) is 2.41. The molecule has 0 aliphatic carbocycles. The summed E-state index contributed by atoms with van der Waals surface area (Å²) in [5, 5.41) is 0. The first-order valence-corrected chi connectivity index (χ1v) is 9.05. The molecule has 0 amide bonds. The van der Waals surface area contributed by atoms with E-state index >= 15 is 0 Å². The molecule has 2 aromatic rings. The third kappa shape index (κ3) is 3.85. The molecule has 25 heavy (non-hydrogen) atoms. The highest BCUT2D eigenvalue weighted by Crippen LogP contribution is 2.27. The summed E-state index contributed by atoms with van der Waals surface area (Å²) >= 11 is 0. The zero-order valence-electron chi connectivity index (χ0n) is 15.2. The standard InChI is InChI=1S/C19H28N4O2/c1-12-4-6-15(23(12)3)8-13(2)25-19(24)16(10-20)14-5-7-17-18(9-14)22-11-21-17/h5,7,9,11-13,15-16H,4,6,8,10,20H2,1-3H3,(H,21,22). The van der Waals surface area contributed by atoms with Crippen LogP contribution >= 0.6 is 0 Å². The van der Waals surface area contributed by atoms with Gasteiger partial charge >= 0.3 is 5.97 Å². The number of esters is 1. The first-order valence-electron chi connectivity index (χ1n) is 9.05. The van der Waals surface area contributed by atoms with Crippen molar-refractivity contribution in [1.82, 2.24) is 14.9 Å². The maximum Gasteiger partial charge on any atom is 0.314 e. The van der Waals surface area contributed by atoms with Crippen LogP contribution in [0, 0.1) is 0 Å². The lowest BCUT2D eigenvalue weighted by Crippen LogP contribution is -2.34. The van der Waals surface area contributed by atoms with E-state index in [0.29, 0.717) is 12.1 Å². The number of carbonyl (C=O) groups excluding carboxylic acids is 1. The zero-order valence-corrected chi connectivity index (χ0v) is 15.2. The van der Waals surface area contributed by atoms with Gasteiger partial charge in [-0.25, -0.2) is 4.98 Å². The van der Waals surface area contributed by atoms with Crippen LogP contribution in [0.25, 0.3) is 11.0 Å². The van der Waals surface area contributed by atoms with Gasteiger partial charge in [0.25, 0.3) is 0 Å². The number of nitrogens with one attached hydrogen (secondary N) is 1. The number of ether oxygens (including phenoxy) is 1. The van der Waals surface area contributed by atoms with Gasteiger partial charge in [-0.2, -0.15) is 0 Å². The van der Waals surface area contributed by atoms with Crippen molar-refractivity contribution in [3.63, 3.8) is 0 Å². The van der Waals surface area contributed by atoms with E-state index in [1.165, 1.54) is 6.42 Å². The van der Waals surface area contributed by atoms with Gasteiger partial charge in [-0.15, -0.1) is 0 Å². The maximum absolute atomic E-state index is 12.6. The number of benzene rings is 1. The average molecular weight is 344 g/mol. The molecule has 136 valence electrons. The molecule has 3 rings (SSSR count). The van der Waals surface area contributed by atoms with E-state index in [1.54, 1.807) is 6.33 Å². The number of aromatic nitrogens is 2. The van der Waals surface area contributed by atoms with E-state index in [1.807, 2.05) is 25.1 Å². The molecule has 6 heteroatoms. The summed E-state index contributed by atoms with van der Waals surface area (Å²) in [5.41, 5.74) is 8.51. The minimum absolute atomic E-state index is 0.116. The lowest BCUT2D eigenvalue weighted by Gasteiger charge is -2.26. The van der Waals surface area contributed by atoms with E-state index in [0.717, 1.165) is 29.4 Å². The van der Waals surface area contributed by atoms with Gasteiger partial charge in [-0.3, -0.25) is 4.79 Å². The third-order valence-corrected chi connectivity index (χ3v) is 5.48. The minimum Gasteiger partial charge on any atom is -0.462 e. The molecule has 1 aliphatic rings. The molecule has 4 unspecified atom stereocenters. The Balaban J connectivity index is 1.63. The van der Waals surface area contributed by atoms with Crippen molar-refractivity contribution >= 4 is 17.0 Å². The number of hydrogen-bond acceptors (Lipinski definition) is 5. The fourth-order valence-corrected chi connectivity index (χ4v) is 3.73. The number of likely N-dealkylation sites (tertiary alicyclic amines) is 1. The summed E-state index contributed by atoms with van der Waals surface area (Å²) in [6.45, 7) is 4.44. The van der Waals surface area contributed by atoms with Crippen molar-refractivity contribution in [2.75, 3.05) is 13.6 Å². The molecule has 0 saturated carbocycles. The Morgan fingerprint density at radius 2 is 2.28 bits per heavy atom. The van der Waals surface area contributed by atoms with Crippen LogP contribution in [0.5, 0.6) is 0 Å². The Labute approximate surface area is 148 Å². The largest absolute Gasteiger partial charge is 0.462 e. The van der Waals surface area contributed by atoms with Gasteiger partial charge in [0.05, 0.1) is 23.3 Å². The second-order valence-corrected chi connectivity index (χ2v) is 7.20. The third-order valence-electron chi connectivity index (χ3n) is 5.48. The molecule has 2 heterocycles. The monoisotopic (exact) mass is 344 g/mol. The first kappa shape index (κ1) is 17.9. The van der Waals surface area contributed by atoms with Gasteiger partial charge in [0.15, 0.2) is 0 Å². The second-order valence-electron chi connectivity index (χ2n) is 7.20. The Kier molecular flexibility index (Phi) is 5.39. The smallest absolute Gasteiger partial charge is 0.314 e. The molecular weight excluding hydrogens is 316 g/mol. The fraction of sp³-hybridized carbons (Fsp3) is 0.579. The highest BCUT2D eigenvalue weighted by Gasteiger charge is 2.30. The number of hydrogen-bond donors (Lipinski definition) is 2. The molecule has 1 aromatic heterocycles. The van der Waals surface area contributed by atoms with Gasteiger partial charge < -0.3 is 20.4 Å². The van der Waals surface area contributed by atoms with Crippen LogP contribution < -0.4 is 5.73 Å². The van der Waals surface area contributed by atoms with Crippen molar-refractivity contribution in [1.29, 1.82) is 0 Å². The van der Waals surface area contributed by atoms with Crippen molar-refractivity contribution in [2.24, 2.45) is 5.73 Å².